The van der Waals surface area contributed by atoms with E-state index in [1.54, 1.807) is 0 Å². The van der Waals surface area contributed by atoms with E-state index >= 15 is 0 Å². The molecule has 2 heterocycles. The summed E-state index contributed by atoms with van der Waals surface area (Å²) in [7, 11) is 0. The van der Waals surface area contributed by atoms with Gasteiger partial charge in [-0.15, -0.1) is 0 Å². The van der Waals surface area contributed by atoms with Gasteiger partial charge in [-0.05, 0) is 37.6 Å². The van der Waals surface area contributed by atoms with Crippen LogP contribution in [0, 0.1) is 0 Å². The molecule has 4 nitrogen and oxygen atoms in total. The summed E-state index contributed by atoms with van der Waals surface area (Å²) in [6.45, 7) is 2.77. The quantitative estimate of drug-likeness (QED) is 0.926. The topological polar surface area (TPSA) is 41.6 Å². The van der Waals surface area contributed by atoms with Gasteiger partial charge in [-0.2, -0.15) is 13.2 Å². The zero-order chi connectivity index (χ0) is 16.4. The molecule has 0 unspecified atom stereocenters. The normalized spacial score (nSPS) is 25.2. The number of fused-ring (bicyclic) bond motifs is 1. The fraction of sp³-hybridized carbons (Fsp3) is 0.562. The first kappa shape index (κ1) is 16.3. The molecule has 0 spiro atoms. The van der Waals surface area contributed by atoms with Crippen molar-refractivity contribution in [1.82, 2.24) is 10.2 Å². The zero-order valence-corrected chi connectivity index (χ0v) is 12.6. The van der Waals surface area contributed by atoms with Gasteiger partial charge in [0.05, 0.1) is 18.3 Å². The fourth-order valence-electron chi connectivity index (χ4n) is 3.15. The van der Waals surface area contributed by atoms with E-state index in [0.717, 1.165) is 38.1 Å². The molecule has 2 fully saturated rings. The van der Waals surface area contributed by atoms with Gasteiger partial charge in [0.15, 0.2) is 0 Å². The molecule has 1 aromatic carbocycles. The molecule has 0 radical (unpaired) electrons. The third-order valence-electron chi connectivity index (χ3n) is 4.40. The van der Waals surface area contributed by atoms with Crippen LogP contribution in [0.3, 0.4) is 0 Å². The number of benzene rings is 1. The number of halogens is 3. The third-order valence-corrected chi connectivity index (χ3v) is 4.40. The Labute approximate surface area is 132 Å². The lowest BCUT2D eigenvalue weighted by molar-refractivity contribution is -0.137. The Morgan fingerprint density at radius 1 is 1.39 bits per heavy atom. The van der Waals surface area contributed by atoms with Gasteiger partial charge in [0.25, 0.3) is 5.91 Å². The van der Waals surface area contributed by atoms with E-state index in [1.807, 2.05) is 0 Å². The molecule has 1 N–H and O–H groups in total. The molecule has 0 bridgehead atoms. The van der Waals surface area contributed by atoms with Gasteiger partial charge in [0.2, 0.25) is 0 Å². The molecule has 2 atom stereocenters. The average molecular weight is 328 g/mol. The van der Waals surface area contributed by atoms with Gasteiger partial charge in [-0.3, -0.25) is 9.69 Å². The first-order valence-corrected chi connectivity index (χ1v) is 7.74. The van der Waals surface area contributed by atoms with E-state index in [0.29, 0.717) is 19.2 Å². The highest BCUT2D eigenvalue weighted by Gasteiger charge is 2.33. The maximum absolute atomic E-state index is 12.7. The number of hydrogen-bond donors (Lipinski definition) is 1. The predicted octanol–water partition coefficient (Wildman–Crippen LogP) is 2.30. The van der Waals surface area contributed by atoms with Gasteiger partial charge in [0, 0.05) is 24.7 Å². The molecular formula is C16H19F3N2O2. The Balaban J connectivity index is 1.55. The summed E-state index contributed by atoms with van der Waals surface area (Å²) in [5.74, 6) is -0.511. The molecule has 7 heteroatoms. The van der Waals surface area contributed by atoms with Crippen LogP contribution >= 0.6 is 0 Å². The highest BCUT2D eigenvalue weighted by molar-refractivity contribution is 5.94. The first-order valence-electron chi connectivity index (χ1n) is 7.74. The summed E-state index contributed by atoms with van der Waals surface area (Å²) >= 11 is 0. The van der Waals surface area contributed by atoms with E-state index in [4.69, 9.17) is 4.74 Å². The molecule has 23 heavy (non-hydrogen) atoms. The van der Waals surface area contributed by atoms with Crippen molar-refractivity contribution in [1.29, 1.82) is 0 Å². The first-order chi connectivity index (χ1) is 10.9. The van der Waals surface area contributed by atoms with Gasteiger partial charge >= 0.3 is 6.18 Å². The number of carbonyl (C=O) groups excluding carboxylic acids is 1. The van der Waals surface area contributed by atoms with Crippen LogP contribution in [0.5, 0.6) is 0 Å². The van der Waals surface area contributed by atoms with Gasteiger partial charge in [-0.1, -0.05) is 6.07 Å². The van der Waals surface area contributed by atoms with Crippen molar-refractivity contribution >= 4 is 5.91 Å². The molecule has 3 rings (SSSR count). The second-order valence-corrected chi connectivity index (χ2v) is 6.03. The van der Waals surface area contributed by atoms with E-state index < -0.39 is 17.6 Å². The van der Waals surface area contributed by atoms with Gasteiger partial charge in [0.1, 0.15) is 0 Å². The Morgan fingerprint density at radius 2 is 2.22 bits per heavy atom. The van der Waals surface area contributed by atoms with E-state index in [1.165, 1.54) is 12.1 Å². The maximum atomic E-state index is 12.7. The van der Waals surface area contributed by atoms with Crippen molar-refractivity contribution in [2.75, 3.05) is 26.2 Å². The number of carbonyl (C=O) groups is 1. The van der Waals surface area contributed by atoms with E-state index in [-0.39, 0.29) is 11.7 Å². The van der Waals surface area contributed by atoms with Crippen LogP contribution in [-0.2, 0) is 10.9 Å². The maximum Gasteiger partial charge on any atom is 0.416 e. The lowest BCUT2D eigenvalue weighted by Gasteiger charge is -2.35. The minimum atomic E-state index is -4.45. The number of ether oxygens (including phenoxy) is 1. The lowest BCUT2D eigenvalue weighted by atomic mass is 10.1. The summed E-state index contributed by atoms with van der Waals surface area (Å²) in [6, 6.07) is 4.92. The Hall–Kier alpha value is -1.60. The molecule has 0 aliphatic carbocycles. The lowest BCUT2D eigenvalue weighted by Crippen LogP contribution is -2.50. The smallest absolute Gasteiger partial charge is 0.373 e. The van der Waals surface area contributed by atoms with Crippen LogP contribution in [0.1, 0.15) is 28.8 Å². The summed E-state index contributed by atoms with van der Waals surface area (Å²) in [4.78, 5) is 14.4. The SMILES string of the molecule is O=C(NC[C@H]1CN2CCC[C@H]2CO1)c1cccc(C(F)(F)F)c1. The highest BCUT2D eigenvalue weighted by Crippen LogP contribution is 2.29. The Kier molecular flexibility index (Phi) is 4.59. The second kappa shape index (κ2) is 6.49. The number of amides is 1. The van der Waals surface area contributed by atoms with Crippen LogP contribution in [0.2, 0.25) is 0 Å². The number of morpholine rings is 1. The molecule has 2 aliphatic rings. The largest absolute Gasteiger partial charge is 0.416 e. The minimum absolute atomic E-state index is 0.00897. The van der Waals surface area contributed by atoms with Crippen LogP contribution < -0.4 is 5.32 Å². The molecule has 126 valence electrons. The number of rotatable bonds is 3. The molecule has 0 saturated carbocycles. The van der Waals surface area contributed by atoms with Crippen molar-refractivity contribution in [3.8, 4) is 0 Å². The van der Waals surface area contributed by atoms with Crippen molar-refractivity contribution < 1.29 is 22.7 Å². The highest BCUT2D eigenvalue weighted by atomic mass is 19.4. The minimum Gasteiger partial charge on any atom is -0.373 e. The third kappa shape index (κ3) is 3.84. The van der Waals surface area contributed by atoms with Crippen LogP contribution in [0.15, 0.2) is 24.3 Å². The monoisotopic (exact) mass is 328 g/mol. The van der Waals surface area contributed by atoms with Crippen LogP contribution in [0.25, 0.3) is 0 Å². The van der Waals surface area contributed by atoms with Crippen molar-refractivity contribution in [3.63, 3.8) is 0 Å². The zero-order valence-electron chi connectivity index (χ0n) is 12.6. The Morgan fingerprint density at radius 3 is 3.00 bits per heavy atom. The van der Waals surface area contributed by atoms with Gasteiger partial charge in [-0.25, -0.2) is 0 Å². The number of alkyl halides is 3. The van der Waals surface area contributed by atoms with Gasteiger partial charge < -0.3 is 10.1 Å². The summed E-state index contributed by atoms with van der Waals surface area (Å²) in [5, 5.41) is 2.67. The second-order valence-electron chi connectivity index (χ2n) is 6.03. The standard InChI is InChI=1S/C16H19F3N2O2/c17-16(18,19)12-4-1-3-11(7-12)15(22)20-8-14-9-21-6-2-5-13(21)10-23-14/h1,3-4,7,13-14H,2,5-6,8-10H2,(H,20,22)/t13-,14-/m0/s1. The van der Waals surface area contributed by atoms with Crippen molar-refractivity contribution in [2.45, 2.75) is 31.2 Å². The predicted molar refractivity (Wildman–Crippen MR) is 78.1 cm³/mol. The average Bonchev–Trinajstić information content (AvgIpc) is 2.99. The molecule has 2 aliphatic heterocycles. The number of nitrogens with zero attached hydrogens (tertiary/aromatic N) is 1. The fourth-order valence-corrected chi connectivity index (χ4v) is 3.15. The Bertz CT molecular complexity index is 577. The summed E-state index contributed by atoms with van der Waals surface area (Å²) in [5.41, 5.74) is -0.811. The van der Waals surface area contributed by atoms with E-state index in [9.17, 15) is 18.0 Å². The van der Waals surface area contributed by atoms with Crippen molar-refractivity contribution in [3.05, 3.63) is 35.4 Å². The van der Waals surface area contributed by atoms with Crippen LogP contribution in [0.4, 0.5) is 13.2 Å². The summed E-state index contributed by atoms with van der Waals surface area (Å²) in [6.07, 6.45) is -2.26. The summed E-state index contributed by atoms with van der Waals surface area (Å²) < 4.78 is 43.7. The molecule has 1 aromatic rings. The molecule has 2 saturated heterocycles. The molecule has 0 aromatic heterocycles. The molecular weight excluding hydrogens is 309 g/mol. The molecule has 1 amide bonds. The number of hydrogen-bond acceptors (Lipinski definition) is 3. The van der Waals surface area contributed by atoms with Crippen LogP contribution in [-0.4, -0.2) is 49.2 Å². The number of nitrogens with one attached hydrogen (secondary N) is 1. The van der Waals surface area contributed by atoms with E-state index in [2.05, 4.69) is 10.2 Å². The van der Waals surface area contributed by atoms with Crippen molar-refractivity contribution in [2.24, 2.45) is 0 Å².